The minimum atomic E-state index is -0.396. The van der Waals surface area contributed by atoms with Gasteiger partial charge in [0, 0.05) is 5.54 Å². The predicted octanol–water partition coefficient (Wildman–Crippen LogP) is 4.49. The van der Waals surface area contributed by atoms with Crippen molar-refractivity contribution in [1.29, 1.82) is 0 Å². The van der Waals surface area contributed by atoms with Crippen LogP contribution in [-0.4, -0.2) is 7.11 Å². The van der Waals surface area contributed by atoms with Gasteiger partial charge >= 0.3 is 0 Å². The number of methoxy groups -OCH3 is 1. The first-order valence-corrected chi connectivity index (χ1v) is 7.82. The van der Waals surface area contributed by atoms with Crippen LogP contribution in [0.5, 0.6) is 5.75 Å². The fraction of sp³-hybridized carbons (Fsp3) is 0.333. The lowest BCUT2D eigenvalue weighted by molar-refractivity contribution is 0.411. The summed E-state index contributed by atoms with van der Waals surface area (Å²) in [6.07, 6.45) is 0.776. The molecule has 0 radical (unpaired) electrons. The molecule has 21 heavy (non-hydrogen) atoms. The highest BCUT2D eigenvalue weighted by Gasteiger charge is 2.22. The second-order valence-corrected chi connectivity index (χ2v) is 6.72. The van der Waals surface area contributed by atoms with Gasteiger partial charge in [0.05, 0.1) is 11.6 Å². The molecule has 0 saturated carbocycles. The Balaban J connectivity index is 2.27. The minimum Gasteiger partial charge on any atom is -0.496 e. The van der Waals surface area contributed by atoms with Crippen molar-refractivity contribution in [1.82, 2.24) is 0 Å². The number of halogens is 1. The van der Waals surface area contributed by atoms with Crippen molar-refractivity contribution in [2.24, 2.45) is 5.73 Å². The molecule has 0 bridgehead atoms. The molecule has 0 aliphatic carbocycles. The van der Waals surface area contributed by atoms with Crippen LogP contribution in [0.4, 0.5) is 0 Å². The van der Waals surface area contributed by atoms with Crippen LogP contribution in [0.15, 0.2) is 40.9 Å². The second kappa shape index (κ2) is 6.20. The number of hydrogen-bond donors (Lipinski definition) is 1. The Kier molecular flexibility index (Phi) is 4.74. The number of nitrogens with two attached hydrogens (primary N) is 1. The maximum absolute atomic E-state index is 6.56. The predicted molar refractivity (Wildman–Crippen MR) is 91.9 cm³/mol. The first-order chi connectivity index (χ1) is 9.83. The SMILES string of the molecule is COc1ccc(CC(C)(N)c2ccc(C)c(C)c2)cc1Br. The van der Waals surface area contributed by atoms with E-state index in [0.29, 0.717) is 0 Å². The topological polar surface area (TPSA) is 35.2 Å². The molecule has 0 fully saturated rings. The van der Waals surface area contributed by atoms with Crippen molar-refractivity contribution in [3.63, 3.8) is 0 Å². The van der Waals surface area contributed by atoms with Crippen LogP contribution in [-0.2, 0) is 12.0 Å². The fourth-order valence-electron chi connectivity index (χ4n) is 2.44. The van der Waals surface area contributed by atoms with Crippen LogP contribution in [0.1, 0.15) is 29.2 Å². The molecule has 0 aromatic heterocycles. The quantitative estimate of drug-likeness (QED) is 0.884. The Morgan fingerprint density at radius 3 is 2.38 bits per heavy atom. The van der Waals surface area contributed by atoms with Crippen molar-refractivity contribution in [3.05, 3.63) is 63.1 Å². The van der Waals surface area contributed by atoms with Gasteiger partial charge in [-0.15, -0.1) is 0 Å². The normalized spacial score (nSPS) is 13.8. The molecule has 3 heteroatoms. The Bertz CT molecular complexity index is 650. The van der Waals surface area contributed by atoms with E-state index in [2.05, 4.69) is 67.0 Å². The Hall–Kier alpha value is -1.32. The van der Waals surface area contributed by atoms with Gasteiger partial charge in [-0.05, 0) is 77.5 Å². The maximum atomic E-state index is 6.56. The third kappa shape index (κ3) is 3.66. The molecule has 0 heterocycles. The lowest BCUT2D eigenvalue weighted by atomic mass is 9.85. The van der Waals surface area contributed by atoms with E-state index in [-0.39, 0.29) is 0 Å². The zero-order chi connectivity index (χ0) is 15.6. The molecule has 0 aliphatic heterocycles. The molecule has 1 atom stereocenters. The van der Waals surface area contributed by atoms with Gasteiger partial charge in [0.15, 0.2) is 0 Å². The maximum Gasteiger partial charge on any atom is 0.133 e. The largest absolute Gasteiger partial charge is 0.496 e. The number of rotatable bonds is 4. The monoisotopic (exact) mass is 347 g/mol. The molecule has 0 amide bonds. The van der Waals surface area contributed by atoms with E-state index in [1.54, 1.807) is 7.11 Å². The third-order valence-electron chi connectivity index (χ3n) is 3.95. The molecule has 2 N–H and O–H groups in total. The molecular formula is C18H22BrNO. The molecule has 2 aromatic carbocycles. The molecule has 112 valence electrons. The minimum absolute atomic E-state index is 0.396. The molecule has 0 aliphatic rings. The highest BCUT2D eigenvalue weighted by molar-refractivity contribution is 9.10. The van der Waals surface area contributed by atoms with Gasteiger partial charge < -0.3 is 10.5 Å². The van der Waals surface area contributed by atoms with E-state index in [4.69, 9.17) is 10.5 Å². The van der Waals surface area contributed by atoms with Crippen LogP contribution in [0, 0.1) is 13.8 Å². The summed E-state index contributed by atoms with van der Waals surface area (Å²) in [5.41, 5.74) is 11.1. The van der Waals surface area contributed by atoms with Crippen molar-refractivity contribution < 1.29 is 4.74 Å². The average molecular weight is 348 g/mol. The fourth-order valence-corrected chi connectivity index (χ4v) is 3.03. The third-order valence-corrected chi connectivity index (χ3v) is 4.57. The van der Waals surface area contributed by atoms with Gasteiger partial charge in [-0.1, -0.05) is 24.3 Å². The highest BCUT2D eigenvalue weighted by atomic mass is 79.9. The number of benzene rings is 2. The lowest BCUT2D eigenvalue weighted by Gasteiger charge is -2.26. The van der Waals surface area contributed by atoms with Gasteiger partial charge in [0.1, 0.15) is 5.75 Å². The Morgan fingerprint density at radius 2 is 1.81 bits per heavy atom. The summed E-state index contributed by atoms with van der Waals surface area (Å²) in [5.74, 6) is 0.837. The van der Waals surface area contributed by atoms with E-state index in [0.717, 1.165) is 22.2 Å². The highest BCUT2D eigenvalue weighted by Crippen LogP contribution is 2.29. The summed E-state index contributed by atoms with van der Waals surface area (Å²) >= 11 is 3.53. The average Bonchev–Trinajstić information content (AvgIpc) is 2.41. The van der Waals surface area contributed by atoms with Crippen LogP contribution >= 0.6 is 15.9 Å². The van der Waals surface area contributed by atoms with Crippen LogP contribution in [0.2, 0.25) is 0 Å². The van der Waals surface area contributed by atoms with Crippen molar-refractivity contribution >= 4 is 15.9 Å². The number of hydrogen-bond acceptors (Lipinski definition) is 2. The van der Waals surface area contributed by atoms with Crippen molar-refractivity contribution in [3.8, 4) is 5.75 Å². The zero-order valence-electron chi connectivity index (χ0n) is 13.0. The first kappa shape index (κ1) is 16.1. The summed E-state index contributed by atoms with van der Waals surface area (Å²) < 4.78 is 6.22. The van der Waals surface area contributed by atoms with Gasteiger partial charge in [-0.3, -0.25) is 0 Å². The van der Waals surface area contributed by atoms with E-state index in [1.165, 1.54) is 16.7 Å². The van der Waals surface area contributed by atoms with Crippen LogP contribution < -0.4 is 10.5 Å². The van der Waals surface area contributed by atoms with Gasteiger partial charge in [-0.2, -0.15) is 0 Å². The summed E-state index contributed by atoms with van der Waals surface area (Å²) in [5, 5.41) is 0. The smallest absolute Gasteiger partial charge is 0.133 e. The standard InChI is InChI=1S/C18H22BrNO/c1-12-5-7-15(9-13(12)2)18(3,20)11-14-6-8-17(21-4)16(19)10-14/h5-10H,11,20H2,1-4H3. The van der Waals surface area contributed by atoms with Crippen LogP contribution in [0.3, 0.4) is 0 Å². The summed E-state index contributed by atoms with van der Waals surface area (Å²) in [6.45, 7) is 6.32. The number of aryl methyl sites for hydroxylation is 2. The Labute approximate surface area is 135 Å². The van der Waals surface area contributed by atoms with Gasteiger partial charge in [0.25, 0.3) is 0 Å². The molecule has 2 nitrogen and oxygen atoms in total. The van der Waals surface area contributed by atoms with Crippen molar-refractivity contribution in [2.45, 2.75) is 32.7 Å². The molecule has 2 rings (SSSR count). The van der Waals surface area contributed by atoms with Crippen molar-refractivity contribution in [2.75, 3.05) is 7.11 Å². The Morgan fingerprint density at radius 1 is 1.10 bits per heavy atom. The summed E-state index contributed by atoms with van der Waals surface area (Å²) in [6, 6.07) is 12.6. The molecule has 0 spiro atoms. The summed E-state index contributed by atoms with van der Waals surface area (Å²) in [4.78, 5) is 0. The first-order valence-electron chi connectivity index (χ1n) is 7.02. The molecular weight excluding hydrogens is 326 g/mol. The van der Waals surface area contributed by atoms with E-state index < -0.39 is 5.54 Å². The molecule has 0 saturated heterocycles. The molecule has 1 unspecified atom stereocenters. The van der Waals surface area contributed by atoms with Gasteiger partial charge in [-0.25, -0.2) is 0 Å². The second-order valence-electron chi connectivity index (χ2n) is 5.86. The zero-order valence-corrected chi connectivity index (χ0v) is 14.6. The van der Waals surface area contributed by atoms with Crippen LogP contribution in [0.25, 0.3) is 0 Å². The van der Waals surface area contributed by atoms with Gasteiger partial charge in [0.2, 0.25) is 0 Å². The van der Waals surface area contributed by atoms with E-state index >= 15 is 0 Å². The summed E-state index contributed by atoms with van der Waals surface area (Å²) in [7, 11) is 1.67. The van der Waals surface area contributed by atoms with E-state index in [1.807, 2.05) is 6.07 Å². The lowest BCUT2D eigenvalue weighted by Crippen LogP contribution is -2.35. The number of ether oxygens (including phenoxy) is 1. The molecule has 2 aromatic rings. The van der Waals surface area contributed by atoms with E-state index in [9.17, 15) is 0 Å².